The average molecular weight is 213 g/mol. The molecule has 0 aromatic rings. The molecule has 0 unspecified atom stereocenters. The van der Waals surface area contributed by atoms with E-state index >= 15 is 0 Å². The smallest absolute Gasteiger partial charge is 0.0248 e. The second-order valence-electron chi connectivity index (χ2n) is 0.533. The Hall–Kier alpha value is 0.310. The summed E-state index contributed by atoms with van der Waals surface area (Å²) >= 11 is 2.40. The Kier molecular flexibility index (Phi) is 5.58. The van der Waals surface area contributed by atoms with E-state index in [2.05, 4.69) is 9.85 Å². The average Bonchev–Trinajstić information content (AvgIpc) is 1.61. The molecule has 1 nitrogen and oxygen atoms in total. The van der Waals surface area contributed by atoms with Crippen LogP contribution in [-0.2, 0) is 15.9 Å². The summed E-state index contributed by atoms with van der Waals surface area (Å²) in [6.07, 6.45) is 0. The molecule has 0 heterocycles. The molecule has 0 fully saturated rings. The molecule has 3 heteroatoms. The van der Waals surface area contributed by atoms with Crippen LogP contribution in [0.5, 0.6) is 0 Å². The first-order valence-electron chi connectivity index (χ1n) is 1.25. The van der Waals surface area contributed by atoms with Crippen LogP contribution in [0.1, 0.15) is 0 Å². The molecule has 0 amide bonds. The summed E-state index contributed by atoms with van der Waals surface area (Å²) in [7, 11) is 0. The van der Waals surface area contributed by atoms with Crippen LogP contribution in [0, 0.1) is 9.85 Å². The van der Waals surface area contributed by atoms with Gasteiger partial charge in [-0.1, -0.05) is 0 Å². The van der Waals surface area contributed by atoms with E-state index < -0.39 is 0 Å². The van der Waals surface area contributed by atoms with Gasteiger partial charge >= 0.3 is 11.7 Å². The lowest BCUT2D eigenvalue weighted by atomic mass is 10.8. The van der Waals surface area contributed by atoms with E-state index in [4.69, 9.17) is 0 Å². The summed E-state index contributed by atoms with van der Waals surface area (Å²) in [4.78, 5) is 0. The molecule has 0 N–H and O–H groups in total. The lowest BCUT2D eigenvalue weighted by molar-refractivity contribution is 0.606. The minimum Gasteiger partial charge on any atom is -0.0248 e. The van der Waals surface area contributed by atoms with E-state index in [0.29, 0.717) is 17.4 Å². The van der Waals surface area contributed by atoms with Crippen molar-refractivity contribution >= 4 is 34.3 Å². The van der Waals surface area contributed by atoms with Gasteiger partial charge in [0, 0.05) is 26.8 Å². The maximum atomic E-state index is 9.50. The van der Waals surface area contributed by atoms with E-state index in [0.717, 1.165) is 0 Å². The molecule has 0 aliphatic carbocycles. The van der Waals surface area contributed by atoms with Crippen molar-refractivity contribution in [2.75, 3.05) is 5.75 Å². The fourth-order valence-corrected chi connectivity index (χ4v) is 0.637. The summed E-state index contributed by atoms with van der Waals surface area (Å²) in [5.41, 5.74) is 0. The molecular formula is C3H2IOS+. The second kappa shape index (κ2) is 5.31. The number of hydrogen-bond acceptors (Lipinski definition) is 1. The van der Waals surface area contributed by atoms with Gasteiger partial charge in [-0.05, 0) is 9.85 Å². The molecule has 0 radical (unpaired) electrons. The van der Waals surface area contributed by atoms with Crippen LogP contribution in [0.4, 0.5) is 0 Å². The van der Waals surface area contributed by atoms with Gasteiger partial charge in [0.15, 0.2) is 0 Å². The summed E-state index contributed by atoms with van der Waals surface area (Å²) in [5, 5.41) is 0. The van der Waals surface area contributed by atoms with Gasteiger partial charge in [-0.15, -0.1) is 0 Å². The Morgan fingerprint density at radius 2 is 2.50 bits per heavy atom. The van der Waals surface area contributed by atoms with E-state index in [-0.39, 0.29) is 0 Å². The Morgan fingerprint density at radius 3 is 2.67 bits per heavy atom. The van der Waals surface area contributed by atoms with Crippen molar-refractivity contribution in [2.24, 2.45) is 0 Å². The van der Waals surface area contributed by atoms with Gasteiger partial charge in [-0.3, -0.25) is 0 Å². The minimum absolute atomic E-state index is 0.406. The van der Waals surface area contributed by atoms with Crippen LogP contribution in [0.3, 0.4) is 0 Å². The predicted octanol–water partition coefficient (Wildman–Crippen LogP) is 0.810. The van der Waals surface area contributed by atoms with Crippen molar-refractivity contribution < 1.29 is 4.21 Å². The van der Waals surface area contributed by atoms with Gasteiger partial charge in [0.1, 0.15) is 0 Å². The SMILES string of the molecule is O=[S+]CC#CI. The number of halogens is 1. The van der Waals surface area contributed by atoms with Crippen LogP contribution < -0.4 is 0 Å². The summed E-state index contributed by atoms with van der Waals surface area (Å²) in [6.45, 7) is 0. The lowest BCUT2D eigenvalue weighted by Gasteiger charge is -1.43. The molecule has 0 aliphatic rings. The van der Waals surface area contributed by atoms with Crippen molar-refractivity contribution in [1.29, 1.82) is 0 Å². The van der Waals surface area contributed by atoms with E-state index in [9.17, 15) is 4.21 Å². The monoisotopic (exact) mass is 213 g/mol. The molecule has 0 bridgehead atoms. The predicted molar refractivity (Wildman–Crippen MR) is 34.7 cm³/mol. The molecule has 32 valence electrons. The van der Waals surface area contributed by atoms with Crippen LogP contribution >= 0.6 is 22.6 Å². The maximum absolute atomic E-state index is 9.50. The van der Waals surface area contributed by atoms with Gasteiger partial charge in [-0.2, -0.15) is 0 Å². The van der Waals surface area contributed by atoms with Crippen LogP contribution in [-0.4, -0.2) is 5.75 Å². The van der Waals surface area contributed by atoms with Crippen LogP contribution in [0.2, 0.25) is 0 Å². The molecular weight excluding hydrogens is 211 g/mol. The van der Waals surface area contributed by atoms with Crippen molar-refractivity contribution in [1.82, 2.24) is 0 Å². The largest absolute Gasteiger partial charge is 0.472 e. The molecule has 0 aromatic carbocycles. The summed E-state index contributed by atoms with van der Waals surface area (Å²) < 4.78 is 12.1. The van der Waals surface area contributed by atoms with Crippen molar-refractivity contribution in [2.45, 2.75) is 0 Å². The fraction of sp³-hybridized carbons (Fsp3) is 0.333. The zero-order chi connectivity index (χ0) is 4.83. The highest BCUT2D eigenvalue weighted by Crippen LogP contribution is 1.68. The summed E-state index contributed by atoms with van der Waals surface area (Å²) in [6, 6.07) is 0. The van der Waals surface area contributed by atoms with E-state index in [1.54, 1.807) is 0 Å². The zero-order valence-electron chi connectivity index (χ0n) is 2.90. The maximum Gasteiger partial charge on any atom is 0.472 e. The Morgan fingerprint density at radius 1 is 1.83 bits per heavy atom. The van der Waals surface area contributed by atoms with Crippen molar-refractivity contribution in [3.63, 3.8) is 0 Å². The number of rotatable bonds is 1. The Balaban J connectivity index is 3.00. The number of hydrogen-bond donors (Lipinski definition) is 0. The van der Waals surface area contributed by atoms with Crippen LogP contribution in [0.25, 0.3) is 0 Å². The molecule has 0 rings (SSSR count). The Labute approximate surface area is 54.1 Å². The third-order valence-electron chi connectivity index (χ3n) is 0.198. The molecule has 0 aromatic heterocycles. The highest BCUT2D eigenvalue weighted by molar-refractivity contribution is 14.1. The highest BCUT2D eigenvalue weighted by Gasteiger charge is 1.84. The molecule has 0 saturated carbocycles. The standard InChI is InChI=1S/C3H2IOS/c4-2-1-3-6-5/h3H2/q+1. The molecule has 6 heavy (non-hydrogen) atoms. The van der Waals surface area contributed by atoms with Gasteiger partial charge in [0.2, 0.25) is 0 Å². The van der Waals surface area contributed by atoms with Crippen LogP contribution in [0.15, 0.2) is 0 Å². The first kappa shape index (κ1) is 6.31. The summed E-state index contributed by atoms with van der Waals surface area (Å²) in [5.74, 6) is 2.99. The zero-order valence-corrected chi connectivity index (χ0v) is 5.88. The van der Waals surface area contributed by atoms with Gasteiger partial charge in [-0.25, -0.2) is 0 Å². The Bertz CT molecular complexity index is 90.7. The normalized spacial score (nSPS) is 5.50. The van der Waals surface area contributed by atoms with Gasteiger partial charge in [0.05, 0.1) is 0 Å². The second-order valence-corrected chi connectivity index (χ2v) is 1.60. The first-order chi connectivity index (χ1) is 2.91. The molecule has 0 atom stereocenters. The molecule has 0 spiro atoms. The van der Waals surface area contributed by atoms with Crippen molar-refractivity contribution in [3.8, 4) is 9.85 Å². The quantitative estimate of drug-likeness (QED) is 0.358. The van der Waals surface area contributed by atoms with Gasteiger partial charge < -0.3 is 0 Å². The topological polar surface area (TPSA) is 17.1 Å². The van der Waals surface area contributed by atoms with Gasteiger partial charge in [0.25, 0.3) is 5.75 Å². The van der Waals surface area contributed by atoms with E-state index in [1.807, 2.05) is 22.6 Å². The third kappa shape index (κ3) is 4.31. The first-order valence-corrected chi connectivity index (χ1v) is 3.24. The molecule has 0 saturated heterocycles. The van der Waals surface area contributed by atoms with E-state index in [1.165, 1.54) is 0 Å². The fourth-order valence-electron chi connectivity index (χ4n) is 0.0567. The lowest BCUT2D eigenvalue weighted by Crippen LogP contribution is -1.66. The highest BCUT2D eigenvalue weighted by atomic mass is 127. The van der Waals surface area contributed by atoms with Crippen molar-refractivity contribution in [3.05, 3.63) is 0 Å². The third-order valence-corrected chi connectivity index (χ3v) is 0.841. The molecule has 0 aliphatic heterocycles. The minimum atomic E-state index is 0.406.